The topological polar surface area (TPSA) is 89.0 Å². The molecule has 1 aliphatic rings. The monoisotopic (exact) mass is 489 g/mol. The molecule has 176 valence electrons. The molecule has 10 heteroatoms. The minimum atomic E-state index is -3.44. The van der Waals surface area contributed by atoms with Gasteiger partial charge in [-0.1, -0.05) is 23.5 Å². The van der Waals surface area contributed by atoms with Crippen molar-refractivity contribution in [2.75, 3.05) is 57.7 Å². The number of rotatable bonds is 7. The number of hydrogen-bond acceptors (Lipinski definition) is 8. The molecule has 0 N–H and O–H groups in total. The quantitative estimate of drug-likeness (QED) is 0.504. The fraction of sp³-hybridized carbons (Fsp3) is 0.391. The van der Waals surface area contributed by atoms with Crippen molar-refractivity contribution >= 4 is 42.4 Å². The Morgan fingerprint density at radius 1 is 1.24 bits per heavy atom. The molecule has 33 heavy (non-hydrogen) atoms. The number of ether oxygens (including phenoxy) is 2. The summed E-state index contributed by atoms with van der Waals surface area (Å²) >= 11 is 1.43. The lowest BCUT2D eigenvalue weighted by molar-refractivity contribution is 0.0391. The molecule has 1 saturated heterocycles. The van der Waals surface area contributed by atoms with Gasteiger partial charge < -0.3 is 9.47 Å². The molecule has 0 radical (unpaired) electrons. The standard InChI is InChI=1S/C23H27N3O5S2/c1-16-7-8-19(30-2)20-21(16)32-23(24-20)26(10-9-25-11-13-31-14-12-25)22(27)17-5-4-6-18(15-17)33(3,28)29/h4-8,15H,9-14H2,1-3H3. The van der Waals surface area contributed by atoms with Gasteiger partial charge in [0.2, 0.25) is 0 Å². The van der Waals surface area contributed by atoms with E-state index in [9.17, 15) is 13.2 Å². The van der Waals surface area contributed by atoms with E-state index in [2.05, 4.69) is 4.90 Å². The third-order valence-corrected chi connectivity index (χ3v) is 7.96. The van der Waals surface area contributed by atoms with Crippen molar-refractivity contribution in [1.29, 1.82) is 0 Å². The molecule has 0 spiro atoms. The van der Waals surface area contributed by atoms with Crippen molar-refractivity contribution in [3.63, 3.8) is 0 Å². The van der Waals surface area contributed by atoms with Crippen molar-refractivity contribution in [2.45, 2.75) is 11.8 Å². The van der Waals surface area contributed by atoms with Gasteiger partial charge in [-0.2, -0.15) is 0 Å². The number of sulfone groups is 1. The van der Waals surface area contributed by atoms with Crippen LogP contribution in [0.2, 0.25) is 0 Å². The number of fused-ring (bicyclic) bond motifs is 1. The van der Waals surface area contributed by atoms with Crippen LogP contribution >= 0.6 is 11.3 Å². The van der Waals surface area contributed by atoms with E-state index in [0.29, 0.717) is 48.3 Å². The first-order valence-corrected chi connectivity index (χ1v) is 13.3. The molecule has 2 aromatic carbocycles. The number of thiazole rings is 1. The van der Waals surface area contributed by atoms with Crippen molar-refractivity contribution in [3.8, 4) is 5.75 Å². The maximum atomic E-state index is 13.6. The summed E-state index contributed by atoms with van der Waals surface area (Å²) in [6, 6.07) is 10.00. The minimum absolute atomic E-state index is 0.114. The van der Waals surface area contributed by atoms with Crippen LogP contribution in [-0.4, -0.2) is 77.0 Å². The highest BCUT2D eigenvalue weighted by molar-refractivity contribution is 7.90. The lowest BCUT2D eigenvalue weighted by atomic mass is 10.2. The van der Waals surface area contributed by atoms with Crippen LogP contribution in [-0.2, 0) is 14.6 Å². The molecular formula is C23H27N3O5S2. The Balaban J connectivity index is 1.73. The Bertz CT molecular complexity index is 1270. The van der Waals surface area contributed by atoms with Crippen molar-refractivity contribution in [2.24, 2.45) is 0 Å². The van der Waals surface area contributed by atoms with Crippen LogP contribution in [0.5, 0.6) is 5.75 Å². The van der Waals surface area contributed by atoms with E-state index in [1.165, 1.54) is 23.5 Å². The van der Waals surface area contributed by atoms with Gasteiger partial charge in [-0.3, -0.25) is 14.6 Å². The molecule has 4 rings (SSSR count). The maximum Gasteiger partial charge on any atom is 0.260 e. The average Bonchev–Trinajstić information content (AvgIpc) is 3.26. The molecule has 0 aliphatic carbocycles. The zero-order valence-corrected chi connectivity index (χ0v) is 20.5. The molecule has 1 aliphatic heterocycles. The van der Waals surface area contributed by atoms with E-state index >= 15 is 0 Å². The maximum absolute atomic E-state index is 13.6. The molecule has 1 fully saturated rings. The molecule has 1 amide bonds. The number of methoxy groups -OCH3 is 1. The van der Waals surface area contributed by atoms with E-state index < -0.39 is 9.84 Å². The number of hydrogen-bond donors (Lipinski definition) is 0. The highest BCUT2D eigenvalue weighted by atomic mass is 32.2. The Kier molecular flexibility index (Phi) is 6.99. The van der Waals surface area contributed by atoms with E-state index in [1.54, 1.807) is 24.1 Å². The number of nitrogens with zero attached hydrogens (tertiary/aromatic N) is 3. The number of morpholine rings is 1. The first-order chi connectivity index (χ1) is 15.8. The van der Waals surface area contributed by atoms with Gasteiger partial charge in [-0.05, 0) is 36.8 Å². The van der Waals surface area contributed by atoms with Crippen LogP contribution in [0.1, 0.15) is 15.9 Å². The normalized spacial score (nSPS) is 15.0. The summed E-state index contributed by atoms with van der Waals surface area (Å²) in [5.74, 6) is 0.363. The van der Waals surface area contributed by atoms with Gasteiger partial charge in [-0.25, -0.2) is 13.4 Å². The molecule has 0 bridgehead atoms. The van der Waals surface area contributed by atoms with Gasteiger partial charge in [0.05, 0.1) is 29.9 Å². The Morgan fingerprint density at radius 2 is 2.00 bits per heavy atom. The van der Waals surface area contributed by atoms with Gasteiger partial charge >= 0.3 is 0 Å². The summed E-state index contributed by atoms with van der Waals surface area (Å²) in [5, 5.41) is 0.556. The molecule has 1 aromatic heterocycles. The smallest absolute Gasteiger partial charge is 0.260 e. The summed E-state index contributed by atoms with van der Waals surface area (Å²) in [4.78, 5) is 22.4. The average molecular weight is 490 g/mol. The van der Waals surface area contributed by atoms with Crippen LogP contribution in [0, 0.1) is 6.92 Å². The fourth-order valence-corrected chi connectivity index (χ4v) is 5.49. The zero-order valence-electron chi connectivity index (χ0n) is 18.9. The second-order valence-electron chi connectivity index (χ2n) is 7.97. The van der Waals surface area contributed by atoms with Gasteiger partial charge in [0, 0.05) is 38.0 Å². The first kappa shape index (κ1) is 23.6. The van der Waals surface area contributed by atoms with Crippen molar-refractivity contribution in [3.05, 3.63) is 47.5 Å². The third kappa shape index (κ3) is 5.19. The molecule has 3 aromatic rings. The SMILES string of the molecule is COc1ccc(C)c2sc(N(CCN3CCOCC3)C(=O)c3cccc(S(C)(=O)=O)c3)nc12. The Hall–Kier alpha value is -2.53. The fourth-order valence-electron chi connectivity index (χ4n) is 3.74. The van der Waals surface area contributed by atoms with Crippen LogP contribution in [0.4, 0.5) is 5.13 Å². The van der Waals surface area contributed by atoms with Crippen LogP contribution in [0.3, 0.4) is 0 Å². The zero-order chi connectivity index (χ0) is 23.6. The first-order valence-electron chi connectivity index (χ1n) is 10.6. The molecule has 0 unspecified atom stereocenters. The van der Waals surface area contributed by atoms with Crippen LogP contribution in [0.15, 0.2) is 41.3 Å². The molecule has 8 nitrogen and oxygen atoms in total. The van der Waals surface area contributed by atoms with E-state index in [0.717, 1.165) is 29.6 Å². The van der Waals surface area contributed by atoms with Gasteiger partial charge in [-0.15, -0.1) is 0 Å². The second-order valence-corrected chi connectivity index (χ2v) is 11.0. The van der Waals surface area contributed by atoms with E-state index in [-0.39, 0.29) is 10.8 Å². The summed E-state index contributed by atoms with van der Waals surface area (Å²) < 4.78 is 35.9. The number of carbonyl (C=O) groups is 1. The lowest BCUT2D eigenvalue weighted by Gasteiger charge is -2.29. The summed E-state index contributed by atoms with van der Waals surface area (Å²) in [7, 11) is -1.84. The predicted molar refractivity (Wildman–Crippen MR) is 129 cm³/mol. The molecule has 0 saturated carbocycles. The second kappa shape index (κ2) is 9.76. The number of aromatic nitrogens is 1. The minimum Gasteiger partial charge on any atom is -0.494 e. The number of anilines is 1. The summed E-state index contributed by atoms with van der Waals surface area (Å²) in [6.07, 6.45) is 1.13. The van der Waals surface area contributed by atoms with Gasteiger partial charge in [0.25, 0.3) is 5.91 Å². The van der Waals surface area contributed by atoms with Crippen molar-refractivity contribution < 1.29 is 22.7 Å². The van der Waals surface area contributed by atoms with Crippen molar-refractivity contribution in [1.82, 2.24) is 9.88 Å². The summed E-state index contributed by atoms with van der Waals surface area (Å²) in [5.41, 5.74) is 2.07. The number of aryl methyl sites for hydroxylation is 1. The number of amides is 1. The lowest BCUT2D eigenvalue weighted by Crippen LogP contribution is -2.43. The number of carbonyl (C=O) groups excluding carboxylic acids is 1. The van der Waals surface area contributed by atoms with Crippen LogP contribution < -0.4 is 9.64 Å². The highest BCUT2D eigenvalue weighted by Gasteiger charge is 2.25. The number of benzene rings is 2. The third-order valence-electron chi connectivity index (χ3n) is 5.64. The predicted octanol–water partition coefficient (Wildman–Crippen LogP) is 3.00. The molecule has 0 atom stereocenters. The summed E-state index contributed by atoms with van der Waals surface area (Å²) in [6.45, 7) is 6.02. The highest BCUT2D eigenvalue weighted by Crippen LogP contribution is 2.37. The Labute approximate surface area is 197 Å². The molecular weight excluding hydrogens is 462 g/mol. The van der Waals surface area contributed by atoms with E-state index in [4.69, 9.17) is 14.5 Å². The van der Waals surface area contributed by atoms with Gasteiger partial charge in [0.1, 0.15) is 11.3 Å². The Morgan fingerprint density at radius 3 is 2.70 bits per heavy atom. The van der Waals surface area contributed by atoms with Crippen LogP contribution in [0.25, 0.3) is 10.2 Å². The molecule has 2 heterocycles. The van der Waals surface area contributed by atoms with Gasteiger partial charge in [0.15, 0.2) is 15.0 Å². The largest absolute Gasteiger partial charge is 0.494 e. The van der Waals surface area contributed by atoms with E-state index in [1.807, 2.05) is 19.1 Å².